The minimum atomic E-state index is -0.0834. The molecule has 2 heterocycles. The van der Waals surface area contributed by atoms with Gasteiger partial charge in [0.15, 0.2) is 11.5 Å². The third kappa shape index (κ3) is 2.96. The lowest BCUT2D eigenvalue weighted by atomic mass is 10.0. The quantitative estimate of drug-likeness (QED) is 0.769. The van der Waals surface area contributed by atoms with E-state index in [-0.39, 0.29) is 18.7 Å². The number of nitrogens with one attached hydrogen (secondary N) is 1. The van der Waals surface area contributed by atoms with Crippen molar-refractivity contribution < 1.29 is 14.3 Å². The van der Waals surface area contributed by atoms with E-state index in [1.165, 1.54) is 0 Å². The van der Waals surface area contributed by atoms with Crippen LogP contribution in [-0.2, 0) is 0 Å². The molecule has 0 aliphatic carbocycles. The number of benzene rings is 2. The van der Waals surface area contributed by atoms with Gasteiger partial charge in [-0.2, -0.15) is 0 Å². The molecule has 1 aliphatic rings. The number of pyridine rings is 1. The smallest absolute Gasteiger partial charge is 0.252 e. The van der Waals surface area contributed by atoms with E-state index in [1.807, 2.05) is 62.4 Å². The molecule has 1 atom stereocenters. The normalized spacial score (nSPS) is 13.6. The summed E-state index contributed by atoms with van der Waals surface area (Å²) in [6.45, 7) is 4.28. The van der Waals surface area contributed by atoms with Crippen LogP contribution >= 0.6 is 0 Å². The van der Waals surface area contributed by atoms with Crippen LogP contribution in [0.15, 0.2) is 48.5 Å². The predicted molar refractivity (Wildman–Crippen MR) is 101 cm³/mol. The van der Waals surface area contributed by atoms with Gasteiger partial charge in [-0.3, -0.25) is 4.79 Å². The van der Waals surface area contributed by atoms with Gasteiger partial charge >= 0.3 is 0 Å². The molecule has 4 rings (SSSR count). The second-order valence-corrected chi connectivity index (χ2v) is 6.42. The first-order valence-corrected chi connectivity index (χ1v) is 8.76. The number of carbonyl (C=O) groups excluding carboxylic acids is 1. The van der Waals surface area contributed by atoms with E-state index in [1.54, 1.807) is 0 Å². The molecule has 0 radical (unpaired) electrons. The van der Waals surface area contributed by atoms with Crippen LogP contribution in [0.2, 0.25) is 0 Å². The first-order valence-electron chi connectivity index (χ1n) is 8.76. The van der Waals surface area contributed by atoms with Crippen LogP contribution in [-0.4, -0.2) is 23.7 Å². The maximum Gasteiger partial charge on any atom is 0.252 e. The van der Waals surface area contributed by atoms with Crippen molar-refractivity contribution >= 4 is 16.8 Å². The number of para-hydroxylation sites is 1. The summed E-state index contributed by atoms with van der Waals surface area (Å²) < 4.78 is 10.8. The number of hydrogen-bond acceptors (Lipinski definition) is 4. The number of rotatable bonds is 4. The van der Waals surface area contributed by atoms with Gasteiger partial charge in [0.05, 0.1) is 16.8 Å². The average molecular weight is 348 g/mol. The molecule has 0 saturated carbocycles. The molecule has 26 heavy (non-hydrogen) atoms. The fraction of sp³-hybridized carbons (Fsp3) is 0.238. The van der Waals surface area contributed by atoms with Gasteiger partial charge in [0.2, 0.25) is 6.79 Å². The van der Waals surface area contributed by atoms with Crippen LogP contribution in [0, 0.1) is 0 Å². The molecular weight excluding hydrogens is 328 g/mol. The number of fused-ring (bicyclic) bond motifs is 2. The highest BCUT2D eigenvalue weighted by molar-refractivity contribution is 6.07. The van der Waals surface area contributed by atoms with Crippen molar-refractivity contribution in [3.8, 4) is 22.8 Å². The highest BCUT2D eigenvalue weighted by atomic mass is 16.7. The van der Waals surface area contributed by atoms with Crippen molar-refractivity contribution in [2.75, 3.05) is 6.79 Å². The van der Waals surface area contributed by atoms with E-state index in [0.29, 0.717) is 11.3 Å². The predicted octanol–water partition coefficient (Wildman–Crippen LogP) is 4.16. The maximum absolute atomic E-state index is 12.8. The van der Waals surface area contributed by atoms with Crippen LogP contribution < -0.4 is 14.8 Å². The second kappa shape index (κ2) is 6.67. The van der Waals surface area contributed by atoms with Gasteiger partial charge in [-0.1, -0.05) is 25.1 Å². The molecule has 1 unspecified atom stereocenters. The number of amides is 1. The van der Waals surface area contributed by atoms with Gasteiger partial charge in [-0.05, 0) is 43.7 Å². The Kier molecular flexibility index (Phi) is 4.21. The zero-order valence-corrected chi connectivity index (χ0v) is 14.8. The fourth-order valence-electron chi connectivity index (χ4n) is 2.97. The third-order valence-electron chi connectivity index (χ3n) is 4.62. The Balaban J connectivity index is 1.82. The Labute approximate surface area is 152 Å². The number of aromatic nitrogens is 1. The summed E-state index contributed by atoms with van der Waals surface area (Å²) >= 11 is 0. The van der Waals surface area contributed by atoms with Crippen molar-refractivity contribution in [1.29, 1.82) is 0 Å². The van der Waals surface area contributed by atoms with Gasteiger partial charge in [-0.15, -0.1) is 0 Å². The van der Waals surface area contributed by atoms with Crippen molar-refractivity contribution in [1.82, 2.24) is 10.3 Å². The molecule has 3 aromatic rings. The largest absolute Gasteiger partial charge is 0.454 e. The Morgan fingerprint density at radius 1 is 1.15 bits per heavy atom. The number of hydrogen-bond donors (Lipinski definition) is 1. The van der Waals surface area contributed by atoms with Crippen molar-refractivity contribution in [2.24, 2.45) is 0 Å². The van der Waals surface area contributed by atoms with Crippen molar-refractivity contribution in [3.63, 3.8) is 0 Å². The molecule has 1 aliphatic heterocycles. The van der Waals surface area contributed by atoms with E-state index in [0.717, 1.165) is 34.3 Å². The van der Waals surface area contributed by atoms with Crippen LogP contribution in [0.4, 0.5) is 0 Å². The van der Waals surface area contributed by atoms with E-state index in [4.69, 9.17) is 14.5 Å². The number of carbonyl (C=O) groups is 1. The summed E-state index contributed by atoms with van der Waals surface area (Å²) in [4.78, 5) is 17.6. The lowest BCUT2D eigenvalue weighted by Gasteiger charge is -2.14. The van der Waals surface area contributed by atoms with Crippen LogP contribution in [0.25, 0.3) is 22.2 Å². The molecule has 5 heteroatoms. The van der Waals surface area contributed by atoms with Gasteiger partial charge < -0.3 is 14.8 Å². The monoisotopic (exact) mass is 348 g/mol. The first-order chi connectivity index (χ1) is 12.7. The highest BCUT2D eigenvalue weighted by Gasteiger charge is 2.18. The number of nitrogens with zero attached hydrogens (tertiary/aromatic N) is 1. The summed E-state index contributed by atoms with van der Waals surface area (Å²) in [6.07, 6.45) is 0.879. The molecule has 2 aromatic carbocycles. The molecule has 5 nitrogen and oxygen atoms in total. The van der Waals surface area contributed by atoms with E-state index >= 15 is 0 Å². The summed E-state index contributed by atoms with van der Waals surface area (Å²) in [7, 11) is 0. The average Bonchev–Trinajstić information content (AvgIpc) is 3.14. The molecule has 1 amide bonds. The molecule has 0 bridgehead atoms. The van der Waals surface area contributed by atoms with Gasteiger partial charge in [-0.25, -0.2) is 4.98 Å². The van der Waals surface area contributed by atoms with Crippen LogP contribution in [0.1, 0.15) is 30.6 Å². The minimum Gasteiger partial charge on any atom is -0.454 e. The standard InChI is InChI=1S/C21H20N2O3/c1-3-13(2)22-21(24)16-11-18(23-17-7-5-4-6-15(16)17)14-8-9-19-20(10-14)26-12-25-19/h4-11,13H,3,12H2,1-2H3,(H,22,24). The zero-order chi connectivity index (χ0) is 18.1. The second-order valence-electron chi connectivity index (χ2n) is 6.42. The molecule has 0 saturated heterocycles. The van der Waals surface area contributed by atoms with Crippen LogP contribution in [0.3, 0.4) is 0 Å². The molecule has 1 N–H and O–H groups in total. The summed E-state index contributed by atoms with van der Waals surface area (Å²) in [5, 5.41) is 3.89. The van der Waals surface area contributed by atoms with Gasteiger partial charge in [0.1, 0.15) is 0 Å². The lowest BCUT2D eigenvalue weighted by molar-refractivity contribution is 0.0941. The highest BCUT2D eigenvalue weighted by Crippen LogP contribution is 2.36. The topological polar surface area (TPSA) is 60.5 Å². The molecule has 0 spiro atoms. The zero-order valence-electron chi connectivity index (χ0n) is 14.8. The summed E-state index contributed by atoms with van der Waals surface area (Å²) in [5.41, 5.74) is 3.04. The third-order valence-corrected chi connectivity index (χ3v) is 4.62. The Morgan fingerprint density at radius 2 is 1.96 bits per heavy atom. The molecule has 0 fully saturated rings. The Morgan fingerprint density at radius 3 is 2.81 bits per heavy atom. The number of ether oxygens (including phenoxy) is 2. The van der Waals surface area contributed by atoms with Gasteiger partial charge in [0, 0.05) is 17.0 Å². The Hall–Kier alpha value is -3.08. The van der Waals surface area contributed by atoms with Gasteiger partial charge in [0.25, 0.3) is 5.91 Å². The first kappa shape index (κ1) is 16.4. The molecular formula is C21H20N2O3. The fourth-order valence-corrected chi connectivity index (χ4v) is 2.97. The minimum absolute atomic E-state index is 0.0834. The summed E-state index contributed by atoms with van der Waals surface area (Å²) in [5.74, 6) is 1.34. The van der Waals surface area contributed by atoms with Crippen molar-refractivity contribution in [2.45, 2.75) is 26.3 Å². The lowest BCUT2D eigenvalue weighted by Crippen LogP contribution is -2.32. The SMILES string of the molecule is CCC(C)NC(=O)c1cc(-c2ccc3c(c2)OCO3)nc2ccccc12. The van der Waals surface area contributed by atoms with E-state index in [9.17, 15) is 4.79 Å². The van der Waals surface area contributed by atoms with Crippen LogP contribution in [0.5, 0.6) is 11.5 Å². The van der Waals surface area contributed by atoms with E-state index in [2.05, 4.69) is 5.32 Å². The summed E-state index contributed by atoms with van der Waals surface area (Å²) in [6, 6.07) is 15.4. The van der Waals surface area contributed by atoms with E-state index < -0.39 is 0 Å². The van der Waals surface area contributed by atoms with Crippen molar-refractivity contribution in [3.05, 3.63) is 54.1 Å². The Bertz CT molecular complexity index is 984. The maximum atomic E-state index is 12.8. The molecule has 132 valence electrons. The molecule has 1 aromatic heterocycles.